The maximum atomic E-state index is 12.2. The van der Waals surface area contributed by atoms with Crippen molar-refractivity contribution in [3.8, 4) is 11.5 Å². The summed E-state index contributed by atoms with van der Waals surface area (Å²) in [7, 11) is 0. The zero-order valence-electron chi connectivity index (χ0n) is 15.1. The van der Waals surface area contributed by atoms with Crippen molar-refractivity contribution < 1.29 is 19.0 Å². The number of hydrogen-bond donors (Lipinski definition) is 1. The number of nitrogen functional groups attached to an aromatic ring is 1. The lowest BCUT2D eigenvalue weighted by atomic mass is 10.1. The Balaban J connectivity index is 1.43. The van der Waals surface area contributed by atoms with Gasteiger partial charge in [0.2, 0.25) is 0 Å². The molecule has 3 aromatic rings. The molecule has 0 bridgehead atoms. The van der Waals surface area contributed by atoms with Gasteiger partial charge >= 0.3 is 5.97 Å². The summed E-state index contributed by atoms with van der Waals surface area (Å²) in [5.41, 5.74) is 7.94. The molecular formula is C19H19N3O4S. The van der Waals surface area contributed by atoms with Gasteiger partial charge in [0.25, 0.3) is 0 Å². The molecule has 0 radical (unpaired) electrons. The van der Waals surface area contributed by atoms with Crippen molar-refractivity contribution in [3.05, 3.63) is 40.0 Å². The summed E-state index contributed by atoms with van der Waals surface area (Å²) in [5.74, 6) is 1.79. The van der Waals surface area contributed by atoms with Crippen LogP contribution >= 0.6 is 11.3 Å². The third-order valence-electron chi connectivity index (χ3n) is 4.42. The molecule has 2 N–H and O–H groups in total. The molecular weight excluding hydrogens is 366 g/mol. The van der Waals surface area contributed by atoms with Gasteiger partial charge in [-0.25, -0.2) is 9.97 Å². The van der Waals surface area contributed by atoms with Crippen LogP contribution in [0.5, 0.6) is 11.5 Å². The summed E-state index contributed by atoms with van der Waals surface area (Å²) in [4.78, 5) is 22.9. The van der Waals surface area contributed by atoms with E-state index in [1.54, 1.807) is 23.5 Å². The van der Waals surface area contributed by atoms with Crippen LogP contribution in [0, 0.1) is 13.8 Å². The molecule has 3 heterocycles. The molecule has 2 aromatic heterocycles. The van der Waals surface area contributed by atoms with Crippen molar-refractivity contribution in [1.82, 2.24) is 9.97 Å². The van der Waals surface area contributed by atoms with Crippen LogP contribution in [0.2, 0.25) is 0 Å². The van der Waals surface area contributed by atoms with E-state index in [-0.39, 0.29) is 19.0 Å². The fourth-order valence-electron chi connectivity index (χ4n) is 2.95. The SMILES string of the molecule is Cc1sc2nc(COC(=O)Cc3ccc4c(c3)OCCO4)nc(N)c2c1C. The summed E-state index contributed by atoms with van der Waals surface area (Å²) in [5, 5.41) is 0.879. The number of hydrogen-bond acceptors (Lipinski definition) is 8. The van der Waals surface area contributed by atoms with Gasteiger partial charge in [-0.15, -0.1) is 11.3 Å². The van der Waals surface area contributed by atoms with Crippen LogP contribution in [0.1, 0.15) is 21.8 Å². The van der Waals surface area contributed by atoms with E-state index in [2.05, 4.69) is 9.97 Å². The van der Waals surface area contributed by atoms with Gasteiger partial charge in [-0.3, -0.25) is 4.79 Å². The number of esters is 1. The van der Waals surface area contributed by atoms with Crippen molar-refractivity contribution in [1.29, 1.82) is 0 Å². The minimum atomic E-state index is -0.368. The number of fused-ring (bicyclic) bond motifs is 2. The second-order valence-electron chi connectivity index (χ2n) is 6.30. The van der Waals surface area contributed by atoms with Gasteiger partial charge in [-0.1, -0.05) is 6.07 Å². The Morgan fingerprint density at radius 1 is 1.22 bits per heavy atom. The molecule has 0 fully saturated rings. The molecule has 140 valence electrons. The van der Waals surface area contributed by atoms with Crippen LogP contribution in [-0.2, 0) is 22.6 Å². The number of nitrogens with two attached hydrogens (primary N) is 1. The number of nitrogens with zero attached hydrogens (tertiary/aromatic N) is 2. The lowest BCUT2D eigenvalue weighted by Crippen LogP contribution is -2.16. The lowest BCUT2D eigenvalue weighted by Gasteiger charge is -2.18. The first kappa shape index (κ1) is 17.5. The highest BCUT2D eigenvalue weighted by Crippen LogP contribution is 2.32. The number of aromatic nitrogens is 2. The molecule has 1 aliphatic heterocycles. The van der Waals surface area contributed by atoms with Crippen LogP contribution in [0.3, 0.4) is 0 Å². The zero-order valence-corrected chi connectivity index (χ0v) is 15.9. The van der Waals surface area contributed by atoms with Gasteiger partial charge in [0.1, 0.15) is 23.9 Å². The Bertz CT molecular complexity index is 1030. The van der Waals surface area contributed by atoms with Crippen molar-refractivity contribution in [2.75, 3.05) is 18.9 Å². The number of carbonyl (C=O) groups excluding carboxylic acids is 1. The van der Waals surface area contributed by atoms with E-state index in [0.717, 1.165) is 26.2 Å². The summed E-state index contributed by atoms with van der Waals surface area (Å²) >= 11 is 1.56. The van der Waals surface area contributed by atoms with E-state index in [4.69, 9.17) is 19.9 Å². The Morgan fingerprint density at radius 3 is 2.81 bits per heavy atom. The first-order valence-corrected chi connectivity index (χ1v) is 9.39. The molecule has 0 atom stereocenters. The molecule has 0 aliphatic carbocycles. The van der Waals surface area contributed by atoms with Crippen molar-refractivity contribution in [2.45, 2.75) is 26.9 Å². The number of carbonyl (C=O) groups is 1. The minimum Gasteiger partial charge on any atom is -0.486 e. The van der Waals surface area contributed by atoms with Gasteiger partial charge in [-0.05, 0) is 37.1 Å². The van der Waals surface area contributed by atoms with E-state index in [0.29, 0.717) is 36.4 Å². The average molecular weight is 385 g/mol. The van der Waals surface area contributed by atoms with E-state index >= 15 is 0 Å². The highest BCUT2D eigenvalue weighted by molar-refractivity contribution is 7.18. The number of aryl methyl sites for hydroxylation is 2. The van der Waals surface area contributed by atoms with Gasteiger partial charge in [-0.2, -0.15) is 0 Å². The molecule has 7 nitrogen and oxygen atoms in total. The minimum absolute atomic E-state index is 0.0144. The van der Waals surface area contributed by atoms with Crippen LogP contribution in [-0.4, -0.2) is 29.2 Å². The second-order valence-corrected chi connectivity index (χ2v) is 7.51. The summed E-state index contributed by atoms with van der Waals surface area (Å²) < 4.78 is 16.3. The van der Waals surface area contributed by atoms with E-state index < -0.39 is 0 Å². The average Bonchev–Trinajstić information content (AvgIpc) is 2.94. The third-order valence-corrected chi connectivity index (χ3v) is 5.52. The van der Waals surface area contributed by atoms with Crippen LogP contribution in [0.4, 0.5) is 5.82 Å². The maximum absolute atomic E-state index is 12.2. The smallest absolute Gasteiger partial charge is 0.310 e. The van der Waals surface area contributed by atoms with Gasteiger partial charge in [0, 0.05) is 4.88 Å². The van der Waals surface area contributed by atoms with E-state index in [1.807, 2.05) is 19.9 Å². The molecule has 0 saturated heterocycles. The first-order chi connectivity index (χ1) is 13.0. The normalized spacial score (nSPS) is 13.0. The predicted octanol–water partition coefficient (Wildman–Crippen LogP) is 2.95. The monoisotopic (exact) mass is 385 g/mol. The summed E-state index contributed by atoms with van der Waals surface area (Å²) in [6, 6.07) is 5.43. The number of benzene rings is 1. The fraction of sp³-hybridized carbons (Fsp3) is 0.316. The number of anilines is 1. The Labute approximate surface area is 160 Å². The van der Waals surface area contributed by atoms with Crippen molar-refractivity contribution in [3.63, 3.8) is 0 Å². The van der Waals surface area contributed by atoms with Crippen molar-refractivity contribution >= 4 is 33.3 Å². The standard InChI is InChI=1S/C19H19N3O4S/c1-10-11(2)27-19-17(10)18(20)21-15(22-19)9-26-16(23)8-12-3-4-13-14(7-12)25-6-5-24-13/h3-4,7H,5-6,8-9H2,1-2H3,(H2,20,21,22). The van der Waals surface area contributed by atoms with Crippen LogP contribution in [0.25, 0.3) is 10.2 Å². The highest BCUT2D eigenvalue weighted by atomic mass is 32.1. The molecule has 27 heavy (non-hydrogen) atoms. The van der Waals surface area contributed by atoms with Crippen molar-refractivity contribution in [2.24, 2.45) is 0 Å². The Kier molecular flexibility index (Phi) is 4.57. The van der Waals surface area contributed by atoms with Crippen LogP contribution < -0.4 is 15.2 Å². The molecule has 0 amide bonds. The lowest BCUT2D eigenvalue weighted by molar-refractivity contribution is -0.144. The van der Waals surface area contributed by atoms with Gasteiger partial charge < -0.3 is 19.9 Å². The van der Waals surface area contributed by atoms with Gasteiger partial charge in [0.15, 0.2) is 23.9 Å². The van der Waals surface area contributed by atoms with E-state index in [9.17, 15) is 4.79 Å². The number of rotatable bonds is 4. The first-order valence-electron chi connectivity index (χ1n) is 8.57. The second kappa shape index (κ2) is 7.03. The maximum Gasteiger partial charge on any atom is 0.310 e. The predicted molar refractivity (Wildman–Crippen MR) is 102 cm³/mol. The molecule has 0 unspecified atom stereocenters. The summed E-state index contributed by atoms with van der Waals surface area (Å²) in [6.45, 7) is 5.05. The molecule has 0 spiro atoms. The summed E-state index contributed by atoms with van der Waals surface area (Å²) in [6.07, 6.45) is 0.131. The number of ether oxygens (including phenoxy) is 3. The molecule has 1 aliphatic rings. The molecule has 4 rings (SSSR count). The zero-order chi connectivity index (χ0) is 19.0. The highest BCUT2D eigenvalue weighted by Gasteiger charge is 2.16. The molecule has 1 aromatic carbocycles. The van der Waals surface area contributed by atoms with Crippen LogP contribution in [0.15, 0.2) is 18.2 Å². The molecule has 8 heteroatoms. The third kappa shape index (κ3) is 3.52. The fourth-order valence-corrected chi connectivity index (χ4v) is 4.01. The van der Waals surface area contributed by atoms with E-state index in [1.165, 1.54) is 0 Å². The van der Waals surface area contributed by atoms with Gasteiger partial charge in [0.05, 0.1) is 11.8 Å². The molecule has 0 saturated carbocycles. The topological polar surface area (TPSA) is 96.6 Å². The number of thiophene rings is 1. The Morgan fingerprint density at radius 2 is 2.00 bits per heavy atom. The largest absolute Gasteiger partial charge is 0.486 e. The quantitative estimate of drug-likeness (QED) is 0.690. The Hall–Kier alpha value is -2.87.